The molecule has 0 fully saturated rings. The van der Waals surface area contributed by atoms with Gasteiger partial charge in [0, 0.05) is 0 Å². The average Bonchev–Trinajstić information content (AvgIpc) is 1.65. The second-order valence-corrected chi connectivity index (χ2v) is 1.97. The lowest BCUT2D eigenvalue weighted by Crippen LogP contribution is -2.08. The Hall–Kier alpha value is -0.310. The Labute approximate surface area is 51.3 Å². The maximum Gasteiger partial charge on any atom is 0.304 e. The molecule has 1 N–H and O–H groups in total. The Kier molecular flexibility index (Phi) is 3.52. The summed E-state index contributed by atoms with van der Waals surface area (Å²) in [4.78, 5) is 9.72. The lowest BCUT2D eigenvalue weighted by molar-refractivity contribution is -0.137. The number of aliphatic carboxylic acids is 1. The number of halogens is 2. The minimum atomic E-state index is -1.07. The fourth-order valence-corrected chi connectivity index (χ4v) is 0.376. The van der Waals surface area contributed by atoms with Crippen molar-refractivity contribution >= 4 is 17.6 Å². The van der Waals surface area contributed by atoms with Crippen molar-refractivity contribution in [2.75, 3.05) is 6.67 Å². The van der Waals surface area contributed by atoms with E-state index in [9.17, 15) is 9.18 Å². The van der Waals surface area contributed by atoms with E-state index in [1.165, 1.54) is 0 Å². The third kappa shape index (κ3) is 3.87. The maximum absolute atomic E-state index is 11.4. The first kappa shape index (κ1) is 7.69. The lowest BCUT2D eigenvalue weighted by atomic mass is 10.3. The van der Waals surface area contributed by atoms with Gasteiger partial charge in [-0.15, -0.1) is 11.6 Å². The van der Waals surface area contributed by atoms with Crippen molar-refractivity contribution in [2.45, 2.75) is 11.8 Å². The molecule has 0 aromatic carbocycles. The summed E-state index contributed by atoms with van der Waals surface area (Å²) in [5, 5.41) is 7.10. The molecule has 0 aliphatic carbocycles. The monoisotopic (exact) mass is 140 g/mol. The molecule has 48 valence electrons. The van der Waals surface area contributed by atoms with Crippen molar-refractivity contribution in [3.8, 4) is 0 Å². The van der Waals surface area contributed by atoms with Gasteiger partial charge >= 0.3 is 5.97 Å². The molecule has 8 heavy (non-hydrogen) atoms. The first-order valence-corrected chi connectivity index (χ1v) is 2.52. The third-order valence-electron chi connectivity index (χ3n) is 0.564. The summed E-state index contributed by atoms with van der Waals surface area (Å²) in [5.74, 6) is -1.07. The van der Waals surface area contributed by atoms with Gasteiger partial charge in [0.25, 0.3) is 0 Å². The molecule has 0 bridgehead atoms. The van der Waals surface area contributed by atoms with Crippen molar-refractivity contribution in [1.29, 1.82) is 0 Å². The molecule has 0 aliphatic heterocycles. The number of carboxylic acids is 1. The second kappa shape index (κ2) is 3.66. The number of hydrogen-bond donors (Lipinski definition) is 1. The highest BCUT2D eigenvalue weighted by Gasteiger charge is 2.07. The van der Waals surface area contributed by atoms with Gasteiger partial charge in [-0.3, -0.25) is 4.79 Å². The highest BCUT2D eigenvalue weighted by atomic mass is 35.5. The van der Waals surface area contributed by atoms with Crippen LogP contribution in [-0.4, -0.2) is 23.1 Å². The zero-order chi connectivity index (χ0) is 6.57. The van der Waals surface area contributed by atoms with Crippen LogP contribution >= 0.6 is 11.6 Å². The van der Waals surface area contributed by atoms with Gasteiger partial charge in [0.1, 0.15) is 6.67 Å². The summed E-state index contributed by atoms with van der Waals surface area (Å²) in [6.45, 7) is -0.784. The molecular weight excluding hydrogens is 134 g/mol. The summed E-state index contributed by atoms with van der Waals surface area (Å²) in [5.41, 5.74) is 0. The Balaban J connectivity index is 3.24. The normalized spacial score (nSPS) is 13.2. The molecule has 0 saturated heterocycles. The van der Waals surface area contributed by atoms with Crippen LogP contribution in [0.3, 0.4) is 0 Å². The highest BCUT2D eigenvalue weighted by Crippen LogP contribution is 2.01. The van der Waals surface area contributed by atoms with Gasteiger partial charge in [-0.05, 0) is 0 Å². The quantitative estimate of drug-likeness (QED) is 0.595. The van der Waals surface area contributed by atoms with Gasteiger partial charge in [-0.2, -0.15) is 0 Å². The van der Waals surface area contributed by atoms with E-state index in [0.29, 0.717) is 0 Å². The molecule has 4 heteroatoms. The zero-order valence-corrected chi connectivity index (χ0v) is 4.86. The summed E-state index contributed by atoms with van der Waals surface area (Å²) < 4.78 is 11.4. The largest absolute Gasteiger partial charge is 0.481 e. The van der Waals surface area contributed by atoms with Crippen LogP contribution in [-0.2, 0) is 4.79 Å². The fraction of sp³-hybridized carbons (Fsp3) is 0.750. The van der Waals surface area contributed by atoms with Crippen molar-refractivity contribution < 1.29 is 14.3 Å². The van der Waals surface area contributed by atoms with E-state index in [2.05, 4.69) is 0 Å². The van der Waals surface area contributed by atoms with Crippen LogP contribution in [0.1, 0.15) is 6.42 Å². The highest BCUT2D eigenvalue weighted by molar-refractivity contribution is 6.21. The topological polar surface area (TPSA) is 37.3 Å². The first-order valence-electron chi connectivity index (χ1n) is 2.08. The number of alkyl halides is 2. The molecule has 0 heterocycles. The molecule has 0 aromatic heterocycles. The average molecular weight is 141 g/mol. The Morgan fingerprint density at radius 1 is 1.88 bits per heavy atom. The lowest BCUT2D eigenvalue weighted by Gasteiger charge is -1.95. The Morgan fingerprint density at radius 3 is 2.50 bits per heavy atom. The number of hydrogen-bond acceptors (Lipinski definition) is 1. The molecule has 2 nitrogen and oxygen atoms in total. The smallest absolute Gasteiger partial charge is 0.304 e. The summed E-state index contributed by atoms with van der Waals surface area (Å²) in [6, 6.07) is 0. The standard InChI is InChI=1S/C4H6ClFO2/c5-3(2-6)1-4(7)8/h3H,1-2H2,(H,7,8). The van der Waals surface area contributed by atoms with E-state index in [4.69, 9.17) is 16.7 Å². The Morgan fingerprint density at radius 2 is 2.38 bits per heavy atom. The molecule has 0 rings (SSSR count). The molecule has 0 aliphatic rings. The number of carboxylic acid groups (broad SMARTS) is 1. The van der Waals surface area contributed by atoms with Gasteiger partial charge in [0.2, 0.25) is 0 Å². The molecule has 0 amide bonds. The van der Waals surface area contributed by atoms with E-state index in [0.717, 1.165) is 0 Å². The van der Waals surface area contributed by atoms with E-state index >= 15 is 0 Å². The van der Waals surface area contributed by atoms with Crippen LogP contribution in [0.5, 0.6) is 0 Å². The summed E-state index contributed by atoms with van der Waals surface area (Å²) in [6.07, 6.45) is -0.307. The third-order valence-corrected chi connectivity index (χ3v) is 0.834. The van der Waals surface area contributed by atoms with E-state index in [1.54, 1.807) is 0 Å². The van der Waals surface area contributed by atoms with Crippen molar-refractivity contribution in [3.05, 3.63) is 0 Å². The number of rotatable bonds is 3. The SMILES string of the molecule is O=C(O)CC(Cl)CF. The molecule has 0 saturated carbocycles. The Bertz CT molecular complexity index is 86.1. The molecule has 1 atom stereocenters. The predicted molar refractivity (Wildman–Crippen MR) is 27.9 cm³/mol. The molecular formula is C4H6ClFO2. The number of carbonyl (C=O) groups is 1. The van der Waals surface area contributed by atoms with Gasteiger partial charge < -0.3 is 5.11 Å². The molecule has 1 unspecified atom stereocenters. The van der Waals surface area contributed by atoms with Crippen LogP contribution < -0.4 is 0 Å². The fourth-order valence-electron chi connectivity index (χ4n) is 0.244. The van der Waals surface area contributed by atoms with Crippen molar-refractivity contribution in [2.24, 2.45) is 0 Å². The van der Waals surface area contributed by atoms with Crippen LogP contribution in [0, 0.1) is 0 Å². The van der Waals surface area contributed by atoms with Gasteiger partial charge in [0.15, 0.2) is 0 Å². The predicted octanol–water partition coefficient (Wildman–Crippen LogP) is 1.04. The van der Waals surface area contributed by atoms with E-state index < -0.39 is 18.0 Å². The van der Waals surface area contributed by atoms with E-state index in [-0.39, 0.29) is 6.42 Å². The van der Waals surface area contributed by atoms with Crippen molar-refractivity contribution in [1.82, 2.24) is 0 Å². The summed E-state index contributed by atoms with van der Waals surface area (Å²) in [7, 11) is 0. The van der Waals surface area contributed by atoms with Gasteiger partial charge in [-0.1, -0.05) is 0 Å². The van der Waals surface area contributed by atoms with Crippen LogP contribution in [0.15, 0.2) is 0 Å². The van der Waals surface area contributed by atoms with Crippen LogP contribution in [0.2, 0.25) is 0 Å². The molecule has 0 aromatic rings. The molecule has 0 spiro atoms. The minimum Gasteiger partial charge on any atom is -0.481 e. The summed E-state index contributed by atoms with van der Waals surface area (Å²) >= 11 is 5.10. The zero-order valence-electron chi connectivity index (χ0n) is 4.10. The van der Waals surface area contributed by atoms with Crippen LogP contribution in [0.25, 0.3) is 0 Å². The maximum atomic E-state index is 11.4. The minimum absolute atomic E-state index is 0.307. The van der Waals surface area contributed by atoms with E-state index in [1.807, 2.05) is 0 Å². The molecule has 0 radical (unpaired) electrons. The van der Waals surface area contributed by atoms with Crippen molar-refractivity contribution in [3.63, 3.8) is 0 Å². The second-order valence-electron chi connectivity index (χ2n) is 1.35. The van der Waals surface area contributed by atoms with Gasteiger partial charge in [0.05, 0.1) is 11.8 Å². The van der Waals surface area contributed by atoms with Gasteiger partial charge in [-0.25, -0.2) is 4.39 Å². The van der Waals surface area contributed by atoms with Crippen LogP contribution in [0.4, 0.5) is 4.39 Å². The first-order chi connectivity index (χ1) is 3.66.